The summed E-state index contributed by atoms with van der Waals surface area (Å²) in [5.41, 5.74) is 3.41. The number of rotatable bonds is 4. The van der Waals surface area contributed by atoms with E-state index in [1.807, 2.05) is 11.4 Å². The van der Waals surface area contributed by atoms with E-state index in [9.17, 15) is 10.1 Å². The van der Waals surface area contributed by atoms with Crippen LogP contribution in [0.4, 0.5) is 5.69 Å². The lowest BCUT2D eigenvalue weighted by atomic mass is 10.1. The van der Waals surface area contributed by atoms with Crippen LogP contribution in [-0.4, -0.2) is 14.9 Å². The fourth-order valence-electron chi connectivity index (χ4n) is 2.27. The molecule has 2 aromatic heterocycles. The zero-order valence-corrected chi connectivity index (χ0v) is 13.8. The van der Waals surface area contributed by atoms with Crippen LogP contribution >= 0.6 is 22.9 Å². The van der Waals surface area contributed by atoms with Gasteiger partial charge in [0.2, 0.25) is 0 Å². The minimum absolute atomic E-state index is 0.116. The second-order valence-electron chi connectivity index (χ2n) is 4.85. The van der Waals surface area contributed by atoms with Crippen LogP contribution in [-0.2, 0) is 6.42 Å². The molecule has 7 heteroatoms. The fraction of sp³-hybridized carbons (Fsp3) is 0.125. The van der Waals surface area contributed by atoms with Crippen molar-refractivity contribution < 1.29 is 4.92 Å². The molecule has 0 unspecified atom stereocenters. The molecule has 0 aliphatic rings. The minimum Gasteiger partial charge on any atom is -0.264 e. The number of benzene rings is 1. The summed E-state index contributed by atoms with van der Waals surface area (Å²) in [4.78, 5) is 19.3. The Morgan fingerprint density at radius 1 is 1.35 bits per heavy atom. The van der Waals surface area contributed by atoms with E-state index in [1.165, 1.54) is 29.0 Å². The second-order valence-corrected chi connectivity index (χ2v) is 6.11. The maximum absolute atomic E-state index is 11.0. The summed E-state index contributed by atoms with van der Waals surface area (Å²) in [5.74, 6) is 0. The molecule has 5 nitrogen and oxygen atoms in total. The normalized spacial score (nSPS) is 10.7. The lowest BCUT2D eigenvalue weighted by Crippen LogP contribution is -1.91. The monoisotopic (exact) mass is 345 g/mol. The van der Waals surface area contributed by atoms with Gasteiger partial charge in [-0.1, -0.05) is 24.6 Å². The SMILES string of the molecule is CCc1ccncc1-c1nc(-c2ccc(Cl)c([N+](=O)[O-])c2)cs1. The first-order chi connectivity index (χ1) is 11.1. The number of nitro groups is 1. The molecule has 0 aliphatic heterocycles. The van der Waals surface area contributed by atoms with Crippen molar-refractivity contribution in [3.63, 3.8) is 0 Å². The third-order valence-electron chi connectivity index (χ3n) is 3.47. The van der Waals surface area contributed by atoms with Crippen molar-refractivity contribution in [2.24, 2.45) is 0 Å². The van der Waals surface area contributed by atoms with Gasteiger partial charge in [-0.3, -0.25) is 15.1 Å². The molecule has 0 atom stereocenters. The molecule has 116 valence electrons. The minimum atomic E-state index is -0.491. The van der Waals surface area contributed by atoms with Crippen LogP contribution < -0.4 is 0 Å². The van der Waals surface area contributed by atoms with Crippen LogP contribution in [0, 0.1) is 10.1 Å². The molecule has 0 radical (unpaired) electrons. The molecule has 0 amide bonds. The van der Waals surface area contributed by atoms with Crippen LogP contribution in [0.2, 0.25) is 5.02 Å². The van der Waals surface area contributed by atoms with Crippen molar-refractivity contribution in [2.75, 3.05) is 0 Å². The van der Waals surface area contributed by atoms with Crippen LogP contribution in [0.25, 0.3) is 21.8 Å². The van der Waals surface area contributed by atoms with Gasteiger partial charge in [0.1, 0.15) is 10.0 Å². The average molecular weight is 346 g/mol. The average Bonchev–Trinajstić information content (AvgIpc) is 3.04. The van der Waals surface area contributed by atoms with Gasteiger partial charge in [-0.2, -0.15) is 0 Å². The van der Waals surface area contributed by atoms with Crippen LogP contribution in [0.5, 0.6) is 0 Å². The summed E-state index contributed by atoms with van der Waals surface area (Å²) in [6.45, 7) is 2.08. The Hall–Kier alpha value is -2.31. The molecule has 0 aliphatic carbocycles. The topological polar surface area (TPSA) is 68.9 Å². The molecule has 3 aromatic rings. The molecule has 0 spiro atoms. The number of hydrogen-bond acceptors (Lipinski definition) is 5. The van der Waals surface area contributed by atoms with E-state index in [0.717, 1.165) is 17.0 Å². The van der Waals surface area contributed by atoms with Crippen LogP contribution in [0.1, 0.15) is 12.5 Å². The molecular formula is C16H12ClN3O2S. The second kappa shape index (κ2) is 6.44. The van der Waals surface area contributed by atoms with Gasteiger partial charge >= 0.3 is 0 Å². The summed E-state index contributed by atoms with van der Waals surface area (Å²) >= 11 is 7.34. The van der Waals surface area contributed by atoms with E-state index >= 15 is 0 Å². The van der Waals surface area contributed by atoms with Gasteiger partial charge in [-0.25, -0.2) is 4.98 Å². The highest BCUT2D eigenvalue weighted by Crippen LogP contribution is 2.34. The number of aryl methyl sites for hydroxylation is 1. The highest BCUT2D eigenvalue weighted by molar-refractivity contribution is 7.13. The van der Waals surface area contributed by atoms with Gasteiger partial charge in [0.25, 0.3) is 5.69 Å². The van der Waals surface area contributed by atoms with Crippen molar-refractivity contribution in [2.45, 2.75) is 13.3 Å². The fourth-order valence-corrected chi connectivity index (χ4v) is 3.33. The van der Waals surface area contributed by atoms with Gasteiger partial charge in [0.05, 0.1) is 10.6 Å². The molecule has 0 saturated carbocycles. The standard InChI is InChI=1S/C16H12ClN3O2S/c1-2-10-5-6-18-8-12(10)16-19-14(9-23-16)11-3-4-13(17)15(7-11)20(21)22/h3-9H,2H2,1H3. The zero-order valence-electron chi connectivity index (χ0n) is 12.2. The summed E-state index contributed by atoms with van der Waals surface area (Å²) < 4.78 is 0. The van der Waals surface area contributed by atoms with Gasteiger partial charge in [-0.15, -0.1) is 11.3 Å². The Bertz CT molecular complexity index is 879. The molecule has 0 saturated heterocycles. The number of halogens is 1. The lowest BCUT2D eigenvalue weighted by Gasteiger charge is -2.03. The van der Waals surface area contributed by atoms with Crippen LogP contribution in [0.3, 0.4) is 0 Å². The van der Waals surface area contributed by atoms with Crippen molar-refractivity contribution >= 4 is 28.6 Å². The van der Waals surface area contributed by atoms with Gasteiger partial charge < -0.3 is 0 Å². The highest BCUT2D eigenvalue weighted by atomic mass is 35.5. The van der Waals surface area contributed by atoms with Crippen molar-refractivity contribution in [1.82, 2.24) is 9.97 Å². The van der Waals surface area contributed by atoms with Gasteiger partial charge in [-0.05, 0) is 24.1 Å². The Morgan fingerprint density at radius 2 is 2.17 bits per heavy atom. The third-order valence-corrected chi connectivity index (χ3v) is 4.66. The van der Waals surface area contributed by atoms with E-state index < -0.39 is 4.92 Å². The van der Waals surface area contributed by atoms with Crippen molar-refractivity contribution in [3.05, 3.63) is 62.7 Å². The number of pyridine rings is 1. The number of hydrogen-bond donors (Lipinski definition) is 0. The van der Waals surface area contributed by atoms with E-state index in [2.05, 4.69) is 16.9 Å². The number of aromatic nitrogens is 2. The third kappa shape index (κ3) is 3.09. The number of thiazole rings is 1. The Labute approximate surface area is 141 Å². The Kier molecular flexibility index (Phi) is 4.36. The summed E-state index contributed by atoms with van der Waals surface area (Å²) in [7, 11) is 0. The summed E-state index contributed by atoms with van der Waals surface area (Å²) in [6.07, 6.45) is 4.45. The van der Waals surface area contributed by atoms with Crippen molar-refractivity contribution in [1.29, 1.82) is 0 Å². The highest BCUT2D eigenvalue weighted by Gasteiger charge is 2.16. The van der Waals surface area contributed by atoms with E-state index in [1.54, 1.807) is 18.5 Å². The van der Waals surface area contributed by atoms with E-state index in [-0.39, 0.29) is 10.7 Å². The number of nitrogens with zero attached hydrogens (tertiary/aromatic N) is 3. The van der Waals surface area contributed by atoms with E-state index in [0.29, 0.717) is 11.3 Å². The number of nitro benzene ring substituents is 1. The molecule has 23 heavy (non-hydrogen) atoms. The Balaban J connectivity index is 2.03. The largest absolute Gasteiger partial charge is 0.288 e. The molecule has 2 heterocycles. The lowest BCUT2D eigenvalue weighted by molar-refractivity contribution is -0.384. The molecule has 1 aromatic carbocycles. The summed E-state index contributed by atoms with van der Waals surface area (Å²) in [5, 5.41) is 13.9. The molecule has 0 fully saturated rings. The Morgan fingerprint density at radius 3 is 2.91 bits per heavy atom. The molecule has 0 bridgehead atoms. The molecular weight excluding hydrogens is 334 g/mol. The quantitative estimate of drug-likeness (QED) is 0.493. The van der Waals surface area contributed by atoms with Crippen LogP contribution in [0.15, 0.2) is 42.0 Å². The predicted molar refractivity (Wildman–Crippen MR) is 91.8 cm³/mol. The summed E-state index contributed by atoms with van der Waals surface area (Å²) in [6, 6.07) is 6.68. The van der Waals surface area contributed by atoms with Gasteiger partial charge in [0.15, 0.2) is 0 Å². The van der Waals surface area contributed by atoms with Gasteiger partial charge in [0, 0.05) is 35.0 Å². The maximum Gasteiger partial charge on any atom is 0.288 e. The van der Waals surface area contributed by atoms with Crippen molar-refractivity contribution in [3.8, 4) is 21.8 Å². The maximum atomic E-state index is 11.0. The molecule has 0 N–H and O–H groups in total. The first-order valence-electron chi connectivity index (χ1n) is 6.93. The molecule has 3 rings (SSSR count). The zero-order chi connectivity index (χ0) is 16.4. The first-order valence-corrected chi connectivity index (χ1v) is 8.19. The first kappa shape index (κ1) is 15.6. The van der Waals surface area contributed by atoms with E-state index in [4.69, 9.17) is 11.6 Å². The predicted octanol–water partition coefficient (Wildman–Crippen LogP) is 5.00. The smallest absolute Gasteiger partial charge is 0.264 e.